The molecule has 0 radical (unpaired) electrons. The number of rotatable bonds is 5. The van der Waals surface area contributed by atoms with Gasteiger partial charge in [0.1, 0.15) is 5.75 Å². The van der Waals surface area contributed by atoms with Gasteiger partial charge < -0.3 is 14.7 Å². The van der Waals surface area contributed by atoms with Crippen molar-refractivity contribution in [2.45, 2.75) is 45.8 Å². The summed E-state index contributed by atoms with van der Waals surface area (Å²) in [7, 11) is 0. The minimum Gasteiger partial charge on any atom is -0.484 e. The normalized spacial score (nSPS) is 22.4. The maximum Gasteiger partial charge on any atom is 0.260 e. The summed E-state index contributed by atoms with van der Waals surface area (Å²) < 4.78 is 5.60. The lowest BCUT2D eigenvalue weighted by Crippen LogP contribution is -2.71. The molecule has 3 rings (SSSR count). The molecule has 1 amide bonds. The Morgan fingerprint density at radius 2 is 2.05 bits per heavy atom. The summed E-state index contributed by atoms with van der Waals surface area (Å²) in [5, 5.41) is 9.02. The van der Waals surface area contributed by atoms with E-state index in [4.69, 9.17) is 9.84 Å². The van der Waals surface area contributed by atoms with Crippen molar-refractivity contribution in [1.82, 2.24) is 4.90 Å². The Hall–Kier alpha value is -1.55. The first-order valence-electron chi connectivity index (χ1n) is 8.18. The molecule has 2 aliphatic rings. The third-order valence-corrected chi connectivity index (χ3v) is 5.22. The highest BCUT2D eigenvalue weighted by molar-refractivity contribution is 5.79. The van der Waals surface area contributed by atoms with Crippen LogP contribution >= 0.6 is 0 Å². The first-order valence-corrected chi connectivity index (χ1v) is 8.18. The summed E-state index contributed by atoms with van der Waals surface area (Å²) in [6.45, 7) is 5.43. The van der Waals surface area contributed by atoms with Crippen LogP contribution in [-0.4, -0.2) is 35.1 Å². The summed E-state index contributed by atoms with van der Waals surface area (Å²) in [6.07, 6.45) is 3.84. The van der Waals surface area contributed by atoms with Crippen molar-refractivity contribution < 1.29 is 14.6 Å². The maximum atomic E-state index is 12.4. The number of aliphatic hydroxyl groups is 1. The number of carbonyl (C=O) groups excluding carboxylic acids is 1. The minimum atomic E-state index is 0.0190. The number of likely N-dealkylation sites (tertiary alicyclic amines) is 1. The minimum absolute atomic E-state index is 0.0190. The average Bonchev–Trinajstić information content (AvgIpc) is 2.42. The van der Waals surface area contributed by atoms with Gasteiger partial charge in [-0.05, 0) is 36.5 Å². The van der Waals surface area contributed by atoms with Gasteiger partial charge in [-0.1, -0.05) is 32.4 Å². The number of benzene rings is 1. The number of hydrogen-bond acceptors (Lipinski definition) is 3. The Kier molecular flexibility index (Phi) is 4.13. The number of carbonyl (C=O) groups is 1. The number of hydrogen-bond donors (Lipinski definition) is 1. The van der Waals surface area contributed by atoms with Crippen molar-refractivity contribution in [2.24, 2.45) is 11.3 Å². The predicted octanol–water partition coefficient (Wildman–Crippen LogP) is 2.59. The summed E-state index contributed by atoms with van der Waals surface area (Å²) in [6, 6.07) is 7.59. The lowest BCUT2D eigenvalue weighted by Gasteiger charge is -2.64. The second-order valence-corrected chi connectivity index (χ2v) is 7.02. The second-order valence-electron chi connectivity index (χ2n) is 7.02. The van der Waals surface area contributed by atoms with E-state index in [1.165, 1.54) is 19.3 Å². The van der Waals surface area contributed by atoms with Crippen molar-refractivity contribution in [1.29, 1.82) is 0 Å². The van der Waals surface area contributed by atoms with E-state index in [9.17, 15) is 4.79 Å². The van der Waals surface area contributed by atoms with E-state index in [1.807, 2.05) is 17.0 Å². The molecular formula is C18H25NO3. The second kappa shape index (κ2) is 5.92. The van der Waals surface area contributed by atoms with Crippen LogP contribution in [0.15, 0.2) is 24.3 Å². The van der Waals surface area contributed by atoms with Crippen molar-refractivity contribution in [3.05, 3.63) is 29.8 Å². The highest BCUT2D eigenvalue weighted by atomic mass is 16.5. The molecule has 1 saturated heterocycles. The largest absolute Gasteiger partial charge is 0.484 e. The fourth-order valence-electron chi connectivity index (χ4n) is 4.06. The topological polar surface area (TPSA) is 49.8 Å². The Bertz CT molecular complexity index is 534. The molecule has 0 unspecified atom stereocenters. The Balaban J connectivity index is 1.55. The van der Waals surface area contributed by atoms with Crippen LogP contribution in [-0.2, 0) is 11.4 Å². The highest BCUT2D eigenvalue weighted by Crippen LogP contribution is 2.55. The van der Waals surface area contributed by atoms with Gasteiger partial charge in [-0.15, -0.1) is 0 Å². The molecule has 1 heterocycles. The van der Waals surface area contributed by atoms with Gasteiger partial charge in [0.05, 0.1) is 6.61 Å². The van der Waals surface area contributed by atoms with Crippen LogP contribution in [0.4, 0.5) is 0 Å². The predicted molar refractivity (Wildman–Crippen MR) is 84.5 cm³/mol. The molecule has 1 saturated carbocycles. The van der Waals surface area contributed by atoms with Gasteiger partial charge in [-0.2, -0.15) is 0 Å². The van der Waals surface area contributed by atoms with Crippen LogP contribution in [0.25, 0.3) is 0 Å². The van der Waals surface area contributed by atoms with Crippen LogP contribution in [0.2, 0.25) is 0 Å². The van der Waals surface area contributed by atoms with E-state index in [0.29, 0.717) is 23.1 Å². The summed E-state index contributed by atoms with van der Waals surface area (Å²) >= 11 is 0. The first kappa shape index (κ1) is 15.3. The fourth-order valence-corrected chi connectivity index (χ4v) is 4.06. The Morgan fingerprint density at radius 3 is 2.55 bits per heavy atom. The molecule has 22 heavy (non-hydrogen) atoms. The molecule has 1 aromatic rings. The third-order valence-electron chi connectivity index (χ3n) is 5.22. The third kappa shape index (κ3) is 2.60. The summed E-state index contributed by atoms with van der Waals surface area (Å²) in [4.78, 5) is 14.4. The van der Waals surface area contributed by atoms with Crippen LogP contribution in [0.3, 0.4) is 0 Å². The molecule has 4 heteroatoms. The standard InChI is InChI=1S/C18H25NO3/c1-13(2)17-18(8-3-9-18)12-19(17)16(21)11-22-15-6-4-14(10-20)5-7-15/h4-7,13,17,20H,3,8-12H2,1-2H3/t17-/m0/s1. The fraction of sp³-hybridized carbons (Fsp3) is 0.611. The first-order chi connectivity index (χ1) is 10.6. The van der Waals surface area contributed by atoms with Crippen molar-refractivity contribution in [3.8, 4) is 5.75 Å². The summed E-state index contributed by atoms with van der Waals surface area (Å²) in [5.41, 5.74) is 1.25. The van der Waals surface area contributed by atoms with Crippen LogP contribution in [0.5, 0.6) is 5.75 Å². The Labute approximate surface area is 132 Å². The van der Waals surface area contributed by atoms with Gasteiger partial charge >= 0.3 is 0 Å². The van der Waals surface area contributed by atoms with Crippen LogP contribution < -0.4 is 4.74 Å². The average molecular weight is 303 g/mol. The molecule has 1 aromatic carbocycles. The molecule has 1 atom stereocenters. The zero-order valence-electron chi connectivity index (χ0n) is 13.4. The van der Waals surface area contributed by atoms with Gasteiger partial charge in [0.2, 0.25) is 0 Å². The molecule has 0 bridgehead atoms. The van der Waals surface area contributed by atoms with E-state index >= 15 is 0 Å². The van der Waals surface area contributed by atoms with E-state index < -0.39 is 0 Å². The Morgan fingerprint density at radius 1 is 1.36 bits per heavy atom. The number of aliphatic hydroxyl groups excluding tert-OH is 1. The molecule has 1 aliphatic carbocycles. The molecule has 1 N–H and O–H groups in total. The van der Waals surface area contributed by atoms with Gasteiger partial charge in [0.25, 0.3) is 5.91 Å². The van der Waals surface area contributed by atoms with Crippen LogP contribution in [0, 0.1) is 11.3 Å². The van der Waals surface area contributed by atoms with Gasteiger partial charge in [-0.3, -0.25) is 4.79 Å². The van der Waals surface area contributed by atoms with Crippen molar-refractivity contribution >= 4 is 5.91 Å². The van der Waals surface area contributed by atoms with E-state index in [0.717, 1.165) is 12.1 Å². The molecular weight excluding hydrogens is 278 g/mol. The van der Waals surface area contributed by atoms with Crippen LogP contribution in [0.1, 0.15) is 38.7 Å². The summed E-state index contributed by atoms with van der Waals surface area (Å²) in [5.74, 6) is 1.26. The smallest absolute Gasteiger partial charge is 0.260 e. The molecule has 4 nitrogen and oxygen atoms in total. The lowest BCUT2D eigenvalue weighted by molar-refractivity contribution is -0.176. The van der Waals surface area contributed by atoms with Crippen molar-refractivity contribution in [3.63, 3.8) is 0 Å². The quantitative estimate of drug-likeness (QED) is 0.909. The molecule has 0 aromatic heterocycles. The maximum absolute atomic E-state index is 12.4. The SMILES string of the molecule is CC(C)[C@@H]1N(C(=O)COc2ccc(CO)cc2)CC12CCC2. The zero-order chi connectivity index (χ0) is 15.7. The molecule has 1 aliphatic heterocycles. The van der Waals surface area contributed by atoms with E-state index in [1.54, 1.807) is 12.1 Å². The molecule has 120 valence electrons. The van der Waals surface area contributed by atoms with E-state index in [2.05, 4.69) is 13.8 Å². The van der Waals surface area contributed by atoms with Crippen molar-refractivity contribution in [2.75, 3.05) is 13.2 Å². The van der Waals surface area contributed by atoms with Gasteiger partial charge in [0.15, 0.2) is 6.61 Å². The highest BCUT2D eigenvalue weighted by Gasteiger charge is 2.58. The molecule has 2 fully saturated rings. The lowest BCUT2D eigenvalue weighted by atomic mass is 9.55. The monoisotopic (exact) mass is 303 g/mol. The van der Waals surface area contributed by atoms with Gasteiger partial charge in [-0.25, -0.2) is 0 Å². The number of ether oxygens (including phenoxy) is 1. The number of nitrogens with zero attached hydrogens (tertiary/aromatic N) is 1. The van der Waals surface area contributed by atoms with E-state index in [-0.39, 0.29) is 19.1 Å². The zero-order valence-corrected chi connectivity index (χ0v) is 13.4. The molecule has 1 spiro atoms. The number of amides is 1. The van der Waals surface area contributed by atoms with Gasteiger partial charge in [0, 0.05) is 18.0 Å².